The van der Waals surface area contributed by atoms with Gasteiger partial charge in [0.05, 0.1) is 20.8 Å². The Hall–Kier alpha value is -4.19. The average Bonchev–Trinajstić information content (AvgIpc) is 3.76. The maximum atomic E-state index is 17.0. The van der Waals surface area contributed by atoms with Gasteiger partial charge in [-0.3, -0.25) is 19.4 Å². The van der Waals surface area contributed by atoms with Crippen LogP contribution >= 0.6 is 22.9 Å². The third-order valence-corrected chi connectivity index (χ3v) is 11.9. The van der Waals surface area contributed by atoms with Crippen molar-refractivity contribution in [1.82, 2.24) is 19.8 Å². The second kappa shape index (κ2) is 13.4. The molecule has 0 saturated carbocycles. The summed E-state index contributed by atoms with van der Waals surface area (Å²) < 4.78 is 52.8. The first kappa shape index (κ1) is 35.2. The standard InChI is InChI=1S/C36H37ClF3N7O3S/c1-18(2)33(48)45(3)34(49)19-7-11-46(12-8-19)32-22-13-24(37)27(21-5-6-25(39)30-26(21)23(15-41)31(42)51-30)28(40)29(22)43-35(44-32)50-17-36-9-4-10-47(36)16-20(38)14-36/h5-6,13,18-20H,4,7-12,14,16-17,42H2,1-3H3/t20-,36+/m1/s1. The largest absolute Gasteiger partial charge is 0.461 e. The number of nitrogen functional groups attached to an aromatic ring is 1. The molecule has 4 aromatic rings. The van der Waals surface area contributed by atoms with Gasteiger partial charge in [0.1, 0.15) is 41.0 Å². The molecule has 3 fully saturated rings. The van der Waals surface area contributed by atoms with Crippen molar-refractivity contribution >= 4 is 66.6 Å². The molecule has 2 aromatic heterocycles. The smallest absolute Gasteiger partial charge is 0.319 e. The number of thiophene rings is 1. The number of carbonyl (C=O) groups excluding carboxylic acids is 2. The highest BCUT2D eigenvalue weighted by Crippen LogP contribution is 2.46. The van der Waals surface area contributed by atoms with E-state index in [1.165, 1.54) is 24.1 Å². The highest BCUT2D eigenvalue weighted by Gasteiger charge is 2.49. The van der Waals surface area contributed by atoms with E-state index in [1.807, 2.05) is 11.0 Å². The van der Waals surface area contributed by atoms with Gasteiger partial charge in [0.25, 0.3) is 0 Å². The fourth-order valence-corrected chi connectivity index (χ4v) is 9.22. The number of nitrogens with zero attached hydrogens (tertiary/aromatic N) is 6. The molecule has 3 aliphatic heterocycles. The number of nitrogens with two attached hydrogens (primary N) is 1. The minimum absolute atomic E-state index is 0.0144. The summed E-state index contributed by atoms with van der Waals surface area (Å²) in [5.41, 5.74) is 5.57. The molecule has 2 atom stereocenters. The minimum Gasteiger partial charge on any atom is -0.461 e. The Balaban J connectivity index is 1.30. The molecule has 0 spiro atoms. The van der Waals surface area contributed by atoms with Gasteiger partial charge in [-0.2, -0.15) is 15.2 Å². The van der Waals surface area contributed by atoms with Crippen LogP contribution < -0.4 is 15.4 Å². The summed E-state index contributed by atoms with van der Waals surface area (Å²) in [4.78, 5) is 40.2. The van der Waals surface area contributed by atoms with Crippen molar-refractivity contribution < 1.29 is 27.5 Å². The Morgan fingerprint density at radius 2 is 1.98 bits per heavy atom. The van der Waals surface area contributed by atoms with Crippen molar-refractivity contribution in [3.63, 3.8) is 0 Å². The summed E-state index contributed by atoms with van der Waals surface area (Å²) in [6, 6.07) is 6.00. The van der Waals surface area contributed by atoms with Crippen LogP contribution in [0.1, 0.15) is 51.5 Å². The number of alkyl halides is 1. The van der Waals surface area contributed by atoms with Crippen molar-refractivity contribution in [3.05, 3.63) is 40.4 Å². The molecule has 15 heteroatoms. The number of benzene rings is 2. The summed E-state index contributed by atoms with van der Waals surface area (Å²) >= 11 is 7.74. The third kappa shape index (κ3) is 6.02. The quantitative estimate of drug-likeness (QED) is 0.220. The lowest BCUT2D eigenvalue weighted by Crippen LogP contribution is -2.44. The second-order valence-electron chi connectivity index (χ2n) is 14.0. The Morgan fingerprint density at radius 1 is 1.24 bits per heavy atom. The predicted octanol–water partition coefficient (Wildman–Crippen LogP) is 6.71. The van der Waals surface area contributed by atoms with Gasteiger partial charge >= 0.3 is 6.01 Å². The van der Waals surface area contributed by atoms with Gasteiger partial charge in [-0.05, 0) is 49.9 Å². The van der Waals surface area contributed by atoms with Gasteiger partial charge in [-0.1, -0.05) is 31.5 Å². The number of carbonyl (C=O) groups is 2. The van der Waals surface area contributed by atoms with Gasteiger partial charge < -0.3 is 15.4 Å². The molecule has 2 amide bonds. The molecular formula is C36H37ClF3N7O3S. The number of amides is 2. The highest BCUT2D eigenvalue weighted by molar-refractivity contribution is 7.23. The number of piperidine rings is 1. The molecule has 0 unspecified atom stereocenters. The molecule has 51 heavy (non-hydrogen) atoms. The van der Waals surface area contributed by atoms with E-state index >= 15 is 4.39 Å². The van der Waals surface area contributed by atoms with Crippen LogP contribution in [0.4, 0.5) is 24.0 Å². The van der Waals surface area contributed by atoms with E-state index in [9.17, 15) is 23.6 Å². The molecule has 2 aromatic carbocycles. The lowest BCUT2D eigenvalue weighted by molar-refractivity contribution is -0.148. The number of ether oxygens (including phenoxy) is 1. The first-order chi connectivity index (χ1) is 24.3. The van der Waals surface area contributed by atoms with Gasteiger partial charge in [-0.15, -0.1) is 11.3 Å². The number of hydrogen-bond donors (Lipinski definition) is 1. The van der Waals surface area contributed by atoms with Crippen LogP contribution in [0.25, 0.3) is 32.1 Å². The molecule has 5 heterocycles. The van der Waals surface area contributed by atoms with Gasteiger partial charge in [0.2, 0.25) is 11.8 Å². The minimum atomic E-state index is -0.972. The van der Waals surface area contributed by atoms with Crippen molar-refractivity contribution in [2.75, 3.05) is 50.5 Å². The van der Waals surface area contributed by atoms with Crippen molar-refractivity contribution in [3.8, 4) is 23.2 Å². The van der Waals surface area contributed by atoms with Gasteiger partial charge in [-0.25, -0.2) is 13.2 Å². The zero-order valence-electron chi connectivity index (χ0n) is 28.4. The van der Waals surface area contributed by atoms with Crippen LogP contribution in [0.3, 0.4) is 0 Å². The SMILES string of the molecule is CC(C)C(=O)N(C)C(=O)C1CCN(c2nc(OC[C@@]34CCCN3C[C@H](F)C4)nc3c(F)c(-c4ccc(F)c5sc(N)c(C#N)c45)c(Cl)cc23)CC1. The van der Waals surface area contributed by atoms with E-state index in [1.54, 1.807) is 19.9 Å². The number of rotatable bonds is 7. The van der Waals surface area contributed by atoms with Gasteiger partial charge in [0, 0.05) is 61.3 Å². The fourth-order valence-electron chi connectivity index (χ4n) is 7.98. The van der Waals surface area contributed by atoms with Crippen LogP contribution in [0.5, 0.6) is 6.01 Å². The maximum absolute atomic E-state index is 17.0. The monoisotopic (exact) mass is 739 g/mol. The lowest BCUT2D eigenvalue weighted by atomic mass is 9.94. The Labute approximate surface area is 301 Å². The molecule has 0 radical (unpaired) electrons. The number of aromatic nitrogens is 2. The maximum Gasteiger partial charge on any atom is 0.319 e. The molecule has 0 bridgehead atoms. The van der Waals surface area contributed by atoms with Crippen LogP contribution in [0.15, 0.2) is 18.2 Å². The second-order valence-corrected chi connectivity index (χ2v) is 15.5. The first-order valence-electron chi connectivity index (χ1n) is 17.0. The zero-order chi connectivity index (χ0) is 36.4. The molecule has 10 nitrogen and oxygen atoms in total. The molecule has 3 aliphatic rings. The summed E-state index contributed by atoms with van der Waals surface area (Å²) in [7, 11) is 1.50. The Morgan fingerprint density at radius 3 is 2.69 bits per heavy atom. The third-order valence-electron chi connectivity index (χ3n) is 10.6. The van der Waals surface area contributed by atoms with E-state index in [4.69, 9.17) is 27.1 Å². The molecule has 2 N–H and O–H groups in total. The van der Waals surface area contributed by atoms with Crippen LogP contribution in [-0.2, 0) is 9.59 Å². The van der Waals surface area contributed by atoms with Crippen LogP contribution in [0, 0.1) is 34.8 Å². The molecule has 7 rings (SSSR count). The number of hydrogen-bond acceptors (Lipinski definition) is 10. The summed E-state index contributed by atoms with van der Waals surface area (Å²) in [6.07, 6.45) is 1.85. The zero-order valence-corrected chi connectivity index (χ0v) is 30.0. The van der Waals surface area contributed by atoms with E-state index in [2.05, 4.69) is 9.88 Å². The lowest BCUT2D eigenvalue weighted by Gasteiger charge is -2.34. The van der Waals surface area contributed by atoms with Crippen molar-refractivity contribution in [1.29, 1.82) is 5.26 Å². The van der Waals surface area contributed by atoms with E-state index in [0.29, 0.717) is 50.1 Å². The average molecular weight is 740 g/mol. The summed E-state index contributed by atoms with van der Waals surface area (Å²) in [6.45, 7) is 5.43. The van der Waals surface area contributed by atoms with Crippen molar-refractivity contribution in [2.24, 2.45) is 11.8 Å². The summed E-state index contributed by atoms with van der Waals surface area (Å²) in [5, 5.41) is 10.4. The van der Waals surface area contributed by atoms with Crippen LogP contribution in [0.2, 0.25) is 5.02 Å². The molecule has 0 aliphatic carbocycles. The van der Waals surface area contributed by atoms with Crippen molar-refractivity contribution in [2.45, 2.75) is 57.7 Å². The first-order valence-corrected chi connectivity index (χ1v) is 18.2. The van der Waals surface area contributed by atoms with Crippen LogP contribution in [-0.4, -0.2) is 83.1 Å². The van der Waals surface area contributed by atoms with Gasteiger partial charge in [0.15, 0.2) is 5.82 Å². The van der Waals surface area contributed by atoms with E-state index in [-0.39, 0.29) is 78.6 Å². The Bertz CT molecular complexity index is 2120. The fraction of sp³-hybridized carbons (Fsp3) is 0.472. The number of imide groups is 1. The van der Waals surface area contributed by atoms with E-state index in [0.717, 1.165) is 30.7 Å². The molecular weight excluding hydrogens is 703 g/mol. The Kier molecular flexibility index (Phi) is 9.26. The van der Waals surface area contributed by atoms with E-state index < -0.39 is 23.3 Å². The predicted molar refractivity (Wildman–Crippen MR) is 191 cm³/mol. The number of fused-ring (bicyclic) bond motifs is 3. The number of nitriles is 1. The topological polar surface area (TPSA) is 129 Å². The number of halogens is 4. The molecule has 3 saturated heterocycles. The highest BCUT2D eigenvalue weighted by atomic mass is 35.5. The summed E-state index contributed by atoms with van der Waals surface area (Å²) in [5.74, 6) is -2.29. The number of anilines is 2. The normalized spacial score (nSPS) is 21.1. The molecule has 268 valence electrons.